The molecular weight excluding hydrogens is 375 g/mol. The van der Waals surface area contributed by atoms with Crippen molar-refractivity contribution in [3.8, 4) is 0 Å². The van der Waals surface area contributed by atoms with Gasteiger partial charge >= 0.3 is 5.97 Å². The fourth-order valence-corrected chi connectivity index (χ4v) is 4.11. The van der Waals surface area contributed by atoms with Gasteiger partial charge in [-0.05, 0) is 43.2 Å². The summed E-state index contributed by atoms with van der Waals surface area (Å²) < 4.78 is 18.4. The maximum Gasteiger partial charge on any atom is 0.307 e. The van der Waals surface area contributed by atoms with Gasteiger partial charge < -0.3 is 9.64 Å². The number of nitrogens with zero attached hydrogens (tertiary/aromatic N) is 2. The third kappa shape index (κ3) is 3.37. The van der Waals surface area contributed by atoms with Gasteiger partial charge in [-0.1, -0.05) is 24.3 Å². The van der Waals surface area contributed by atoms with Crippen molar-refractivity contribution >= 4 is 23.5 Å². The first-order chi connectivity index (χ1) is 13.9. The van der Waals surface area contributed by atoms with Crippen LogP contribution in [0.3, 0.4) is 0 Å². The lowest BCUT2D eigenvalue weighted by atomic mass is 9.98. The van der Waals surface area contributed by atoms with Crippen molar-refractivity contribution in [1.82, 2.24) is 4.90 Å². The molecule has 0 unspecified atom stereocenters. The fraction of sp³-hybridized carbons (Fsp3) is 0.318. The molecule has 1 atom stereocenters. The Labute approximate surface area is 167 Å². The van der Waals surface area contributed by atoms with Crippen molar-refractivity contribution in [3.05, 3.63) is 65.5 Å². The molecule has 7 heteroatoms. The Kier molecular flexibility index (Phi) is 4.82. The number of amides is 2. The zero-order valence-corrected chi connectivity index (χ0v) is 16.1. The van der Waals surface area contributed by atoms with E-state index in [0.29, 0.717) is 29.7 Å². The van der Waals surface area contributed by atoms with Crippen molar-refractivity contribution in [2.75, 3.05) is 11.4 Å². The van der Waals surface area contributed by atoms with Gasteiger partial charge in [0.05, 0.1) is 17.7 Å². The van der Waals surface area contributed by atoms with E-state index >= 15 is 0 Å². The number of ether oxygens (including phenoxy) is 1. The Morgan fingerprint density at radius 3 is 2.76 bits per heavy atom. The third-order valence-corrected chi connectivity index (χ3v) is 5.57. The summed E-state index contributed by atoms with van der Waals surface area (Å²) in [5.74, 6) is -1.12. The number of carbonyl (C=O) groups is 3. The van der Waals surface area contributed by atoms with Crippen LogP contribution in [0.25, 0.3) is 0 Å². The van der Waals surface area contributed by atoms with Gasteiger partial charge in [0.1, 0.15) is 18.1 Å². The predicted octanol–water partition coefficient (Wildman–Crippen LogP) is 3.26. The Morgan fingerprint density at radius 2 is 1.97 bits per heavy atom. The highest BCUT2D eigenvalue weighted by Gasteiger charge is 2.52. The lowest BCUT2D eigenvalue weighted by Gasteiger charge is -2.48. The molecule has 0 radical (unpaired) electrons. The predicted molar refractivity (Wildman–Crippen MR) is 103 cm³/mol. The van der Waals surface area contributed by atoms with Crippen LogP contribution in [0, 0.1) is 5.82 Å². The number of halogens is 1. The van der Waals surface area contributed by atoms with Crippen molar-refractivity contribution in [2.45, 2.75) is 38.5 Å². The zero-order valence-electron chi connectivity index (χ0n) is 16.1. The molecule has 2 aromatic carbocycles. The van der Waals surface area contributed by atoms with Crippen LogP contribution in [-0.4, -0.2) is 34.9 Å². The van der Waals surface area contributed by atoms with E-state index in [1.165, 1.54) is 12.1 Å². The number of hydrogen-bond donors (Lipinski definition) is 0. The lowest BCUT2D eigenvalue weighted by Crippen LogP contribution is -2.62. The van der Waals surface area contributed by atoms with Crippen LogP contribution in [0.2, 0.25) is 0 Å². The summed E-state index contributed by atoms with van der Waals surface area (Å²) in [6.45, 7) is 1.95. The monoisotopic (exact) mass is 396 g/mol. The average molecular weight is 396 g/mol. The van der Waals surface area contributed by atoms with E-state index in [0.717, 1.165) is 0 Å². The number of carbonyl (C=O) groups excluding carboxylic acids is 3. The second kappa shape index (κ2) is 7.31. The highest BCUT2D eigenvalue weighted by molar-refractivity contribution is 6.10. The van der Waals surface area contributed by atoms with Gasteiger partial charge in [0.2, 0.25) is 5.91 Å². The maximum absolute atomic E-state index is 13.2. The number of esters is 1. The summed E-state index contributed by atoms with van der Waals surface area (Å²) in [5.41, 5.74) is 0.826. The van der Waals surface area contributed by atoms with E-state index in [9.17, 15) is 18.8 Å². The highest BCUT2D eigenvalue weighted by Crippen LogP contribution is 2.43. The average Bonchev–Trinajstić information content (AvgIpc) is 3.01. The van der Waals surface area contributed by atoms with Crippen LogP contribution >= 0.6 is 0 Å². The number of fused-ring (bicyclic) bond motifs is 3. The molecule has 150 valence electrons. The van der Waals surface area contributed by atoms with Crippen molar-refractivity contribution in [1.29, 1.82) is 0 Å². The van der Waals surface area contributed by atoms with Crippen molar-refractivity contribution in [3.63, 3.8) is 0 Å². The van der Waals surface area contributed by atoms with Crippen LogP contribution in [0.1, 0.15) is 42.1 Å². The SMILES string of the molecule is C[C@@]12CCC(=O)N1c1ccccc1C(=O)N2CCC(=O)OCc1cccc(F)c1. The molecule has 1 fully saturated rings. The second-order valence-corrected chi connectivity index (χ2v) is 7.46. The van der Waals surface area contributed by atoms with E-state index in [2.05, 4.69) is 0 Å². The first-order valence-electron chi connectivity index (χ1n) is 9.54. The molecule has 29 heavy (non-hydrogen) atoms. The zero-order chi connectivity index (χ0) is 20.6. The standard InChI is InChI=1S/C22H21FN2O4/c1-22-11-9-19(26)25(22)18-8-3-2-7-17(18)21(28)24(22)12-10-20(27)29-14-15-5-4-6-16(23)13-15/h2-8,13H,9-12,14H2,1H3/t22-/m0/s1. The molecule has 2 amide bonds. The third-order valence-electron chi connectivity index (χ3n) is 5.57. The molecular formula is C22H21FN2O4. The van der Waals surface area contributed by atoms with Gasteiger partial charge in [0, 0.05) is 13.0 Å². The topological polar surface area (TPSA) is 66.9 Å². The quantitative estimate of drug-likeness (QED) is 0.728. The molecule has 2 aliphatic heterocycles. The Balaban J connectivity index is 1.47. The van der Waals surface area contributed by atoms with E-state index in [-0.39, 0.29) is 31.4 Å². The Bertz CT molecular complexity index is 992. The Morgan fingerprint density at radius 1 is 1.17 bits per heavy atom. The molecule has 0 N–H and O–H groups in total. The summed E-state index contributed by atoms with van der Waals surface area (Å²) in [5, 5.41) is 0. The number of hydrogen-bond acceptors (Lipinski definition) is 4. The van der Waals surface area contributed by atoms with E-state index in [4.69, 9.17) is 4.74 Å². The molecule has 0 spiro atoms. The lowest BCUT2D eigenvalue weighted by molar-refractivity contribution is -0.145. The number of benzene rings is 2. The maximum atomic E-state index is 13.2. The molecule has 2 aromatic rings. The Hall–Kier alpha value is -3.22. The van der Waals surface area contributed by atoms with Gasteiger partial charge in [-0.25, -0.2) is 4.39 Å². The van der Waals surface area contributed by atoms with Gasteiger partial charge in [-0.15, -0.1) is 0 Å². The molecule has 1 saturated heterocycles. The normalized spacial score (nSPS) is 20.5. The van der Waals surface area contributed by atoms with Crippen LogP contribution in [0.15, 0.2) is 48.5 Å². The molecule has 2 aliphatic rings. The van der Waals surface area contributed by atoms with Gasteiger partial charge in [-0.3, -0.25) is 19.3 Å². The minimum absolute atomic E-state index is 0.0131. The number of para-hydroxylation sites is 1. The smallest absolute Gasteiger partial charge is 0.307 e. The van der Waals surface area contributed by atoms with Gasteiger partial charge in [-0.2, -0.15) is 0 Å². The summed E-state index contributed by atoms with van der Waals surface area (Å²) >= 11 is 0. The summed E-state index contributed by atoms with van der Waals surface area (Å²) in [6.07, 6.45) is 0.837. The first kappa shape index (κ1) is 19.1. The van der Waals surface area contributed by atoms with Gasteiger partial charge in [0.25, 0.3) is 5.91 Å². The van der Waals surface area contributed by atoms with Gasteiger partial charge in [0.15, 0.2) is 0 Å². The summed E-state index contributed by atoms with van der Waals surface area (Å²) in [4.78, 5) is 41.1. The molecule has 0 aliphatic carbocycles. The molecule has 2 heterocycles. The first-order valence-corrected chi connectivity index (χ1v) is 9.54. The molecule has 4 rings (SSSR count). The minimum Gasteiger partial charge on any atom is -0.461 e. The van der Waals surface area contributed by atoms with Crippen LogP contribution in [0.5, 0.6) is 0 Å². The number of rotatable bonds is 5. The summed E-state index contributed by atoms with van der Waals surface area (Å²) in [6, 6.07) is 12.9. The highest BCUT2D eigenvalue weighted by atomic mass is 19.1. The number of anilines is 1. The van der Waals surface area contributed by atoms with Crippen molar-refractivity contribution in [2.24, 2.45) is 0 Å². The van der Waals surface area contributed by atoms with E-state index in [1.54, 1.807) is 46.2 Å². The van der Waals surface area contributed by atoms with Crippen molar-refractivity contribution < 1.29 is 23.5 Å². The van der Waals surface area contributed by atoms with Crippen LogP contribution < -0.4 is 4.90 Å². The fourth-order valence-electron chi connectivity index (χ4n) is 4.11. The van der Waals surface area contributed by atoms with Crippen LogP contribution in [-0.2, 0) is 20.9 Å². The second-order valence-electron chi connectivity index (χ2n) is 7.46. The molecule has 0 bridgehead atoms. The molecule has 0 saturated carbocycles. The van der Waals surface area contributed by atoms with E-state index < -0.39 is 17.4 Å². The summed E-state index contributed by atoms with van der Waals surface area (Å²) in [7, 11) is 0. The van der Waals surface area contributed by atoms with Crippen LogP contribution in [0.4, 0.5) is 10.1 Å². The molecule has 0 aromatic heterocycles. The van der Waals surface area contributed by atoms with E-state index in [1.807, 2.05) is 6.92 Å². The minimum atomic E-state index is -0.800. The largest absolute Gasteiger partial charge is 0.461 e. The molecule has 6 nitrogen and oxygen atoms in total.